The lowest BCUT2D eigenvalue weighted by molar-refractivity contribution is -0.155. The lowest BCUT2D eigenvalue weighted by Crippen LogP contribution is -2.25. The number of carbonyl (C=O) groups is 2. The average molecular weight is 201 g/mol. The maximum Gasteiger partial charge on any atom is 0.306 e. The van der Waals surface area contributed by atoms with Crippen LogP contribution in [0.5, 0.6) is 0 Å². The van der Waals surface area contributed by atoms with E-state index in [-0.39, 0.29) is 11.9 Å². The minimum atomic E-state index is -0.426. The Kier molecular flexibility index (Phi) is 5.20. The number of hydrogen-bond acceptors (Lipinski definition) is 3. The summed E-state index contributed by atoms with van der Waals surface area (Å²) in [5, 5.41) is 2.62. The first-order valence-electron chi connectivity index (χ1n) is 4.77. The fourth-order valence-electron chi connectivity index (χ4n) is 0.890. The van der Waals surface area contributed by atoms with Gasteiger partial charge in [-0.1, -0.05) is 0 Å². The van der Waals surface area contributed by atoms with E-state index in [1.165, 1.54) is 6.92 Å². The second-order valence-electron chi connectivity index (χ2n) is 4.17. The van der Waals surface area contributed by atoms with E-state index in [0.29, 0.717) is 19.4 Å². The predicted octanol–water partition coefficient (Wildman–Crippen LogP) is 1.24. The van der Waals surface area contributed by atoms with Gasteiger partial charge < -0.3 is 10.1 Å². The summed E-state index contributed by atoms with van der Waals surface area (Å²) in [6, 6.07) is 0. The molecule has 0 spiro atoms. The van der Waals surface area contributed by atoms with Crippen LogP contribution in [0.25, 0.3) is 0 Å². The van der Waals surface area contributed by atoms with Gasteiger partial charge in [-0.3, -0.25) is 9.59 Å². The van der Waals surface area contributed by atoms with Crippen molar-refractivity contribution in [1.29, 1.82) is 0 Å². The zero-order valence-electron chi connectivity index (χ0n) is 9.35. The highest BCUT2D eigenvalue weighted by molar-refractivity contribution is 5.73. The Bertz CT molecular complexity index is 206. The highest BCUT2D eigenvalue weighted by atomic mass is 16.6. The van der Waals surface area contributed by atoms with E-state index in [2.05, 4.69) is 5.32 Å². The molecule has 82 valence electrons. The quantitative estimate of drug-likeness (QED) is 0.550. The van der Waals surface area contributed by atoms with Gasteiger partial charge in [-0.25, -0.2) is 0 Å². The van der Waals surface area contributed by atoms with Crippen molar-refractivity contribution in [1.82, 2.24) is 5.32 Å². The van der Waals surface area contributed by atoms with Crippen LogP contribution in [0.2, 0.25) is 0 Å². The van der Waals surface area contributed by atoms with Gasteiger partial charge in [0.1, 0.15) is 5.60 Å². The van der Waals surface area contributed by atoms with Crippen LogP contribution in [-0.4, -0.2) is 24.0 Å². The van der Waals surface area contributed by atoms with Crippen molar-refractivity contribution in [3.63, 3.8) is 0 Å². The minimum Gasteiger partial charge on any atom is -0.460 e. The van der Waals surface area contributed by atoms with E-state index in [1.807, 2.05) is 20.8 Å². The largest absolute Gasteiger partial charge is 0.460 e. The van der Waals surface area contributed by atoms with Crippen LogP contribution in [0.4, 0.5) is 0 Å². The molecule has 0 aliphatic rings. The van der Waals surface area contributed by atoms with Crippen molar-refractivity contribution in [2.75, 3.05) is 6.54 Å². The van der Waals surface area contributed by atoms with Crippen molar-refractivity contribution >= 4 is 11.9 Å². The third-order valence-corrected chi connectivity index (χ3v) is 1.35. The monoisotopic (exact) mass is 201 g/mol. The molecular formula is C10H19NO3. The molecule has 0 aliphatic heterocycles. The molecule has 0 aromatic heterocycles. The molecule has 0 fully saturated rings. The molecule has 0 saturated carbocycles. The standard InChI is InChI=1S/C10H19NO3/c1-8(12)11-7-5-6-9(13)14-10(2,3)4/h5-7H2,1-4H3,(H,11,12). The molecule has 0 aliphatic carbocycles. The number of esters is 1. The molecule has 0 aromatic rings. The summed E-state index contributed by atoms with van der Waals surface area (Å²) in [6.07, 6.45) is 0.964. The number of rotatable bonds is 4. The lowest BCUT2D eigenvalue weighted by Gasteiger charge is -2.19. The Morgan fingerprint density at radius 3 is 2.29 bits per heavy atom. The SMILES string of the molecule is CC(=O)NCCCC(=O)OC(C)(C)C. The van der Waals surface area contributed by atoms with E-state index < -0.39 is 5.60 Å². The Labute approximate surface area is 85.0 Å². The molecule has 0 saturated heterocycles. The Balaban J connectivity index is 3.50. The summed E-state index contributed by atoms with van der Waals surface area (Å²) in [5.74, 6) is -0.294. The fraction of sp³-hybridized carbons (Fsp3) is 0.800. The van der Waals surface area contributed by atoms with Crippen LogP contribution in [0, 0.1) is 0 Å². The summed E-state index contributed by atoms with van der Waals surface area (Å²) in [7, 11) is 0. The van der Waals surface area contributed by atoms with E-state index >= 15 is 0 Å². The fourth-order valence-corrected chi connectivity index (χ4v) is 0.890. The summed E-state index contributed by atoms with van der Waals surface area (Å²) in [6.45, 7) is 7.47. The summed E-state index contributed by atoms with van der Waals surface area (Å²) >= 11 is 0. The highest BCUT2D eigenvalue weighted by Crippen LogP contribution is 2.08. The molecule has 0 atom stereocenters. The molecule has 1 amide bonds. The molecule has 0 aromatic carbocycles. The molecule has 4 heteroatoms. The topological polar surface area (TPSA) is 55.4 Å². The number of ether oxygens (including phenoxy) is 1. The first-order valence-corrected chi connectivity index (χ1v) is 4.77. The average Bonchev–Trinajstić information content (AvgIpc) is 1.94. The Hall–Kier alpha value is -1.06. The van der Waals surface area contributed by atoms with E-state index in [1.54, 1.807) is 0 Å². The van der Waals surface area contributed by atoms with Crippen molar-refractivity contribution in [3.05, 3.63) is 0 Å². The second-order valence-corrected chi connectivity index (χ2v) is 4.17. The Morgan fingerprint density at radius 1 is 1.29 bits per heavy atom. The summed E-state index contributed by atoms with van der Waals surface area (Å²) in [5.41, 5.74) is -0.426. The maximum atomic E-state index is 11.2. The molecule has 0 rings (SSSR count). The molecule has 14 heavy (non-hydrogen) atoms. The van der Waals surface area contributed by atoms with Gasteiger partial charge in [0, 0.05) is 19.9 Å². The molecular weight excluding hydrogens is 182 g/mol. The number of hydrogen-bond donors (Lipinski definition) is 1. The van der Waals surface area contributed by atoms with Crippen molar-refractivity contribution in [2.45, 2.75) is 46.1 Å². The molecule has 0 unspecified atom stereocenters. The van der Waals surface area contributed by atoms with Crippen LogP contribution in [0.15, 0.2) is 0 Å². The molecule has 0 heterocycles. The third kappa shape index (κ3) is 9.03. The van der Waals surface area contributed by atoms with Crippen molar-refractivity contribution in [3.8, 4) is 0 Å². The van der Waals surface area contributed by atoms with Crippen molar-refractivity contribution in [2.24, 2.45) is 0 Å². The maximum absolute atomic E-state index is 11.2. The van der Waals surface area contributed by atoms with Gasteiger partial charge in [0.2, 0.25) is 5.91 Å². The summed E-state index contributed by atoms with van der Waals surface area (Å²) < 4.78 is 5.09. The zero-order chi connectivity index (χ0) is 11.2. The third-order valence-electron chi connectivity index (χ3n) is 1.35. The van der Waals surface area contributed by atoms with Gasteiger partial charge in [-0.05, 0) is 27.2 Å². The first kappa shape index (κ1) is 12.9. The van der Waals surface area contributed by atoms with Gasteiger partial charge in [-0.2, -0.15) is 0 Å². The van der Waals surface area contributed by atoms with E-state index in [0.717, 1.165) is 0 Å². The van der Waals surface area contributed by atoms with Crippen LogP contribution in [0.3, 0.4) is 0 Å². The van der Waals surface area contributed by atoms with Gasteiger partial charge >= 0.3 is 5.97 Å². The molecule has 0 radical (unpaired) electrons. The van der Waals surface area contributed by atoms with Gasteiger partial charge in [0.05, 0.1) is 0 Å². The Morgan fingerprint density at radius 2 is 1.86 bits per heavy atom. The number of amides is 1. The van der Waals surface area contributed by atoms with Crippen molar-refractivity contribution < 1.29 is 14.3 Å². The van der Waals surface area contributed by atoms with Gasteiger partial charge in [0.15, 0.2) is 0 Å². The minimum absolute atomic E-state index is 0.0748. The van der Waals surface area contributed by atoms with Crippen LogP contribution >= 0.6 is 0 Å². The lowest BCUT2D eigenvalue weighted by atomic mass is 10.2. The van der Waals surface area contributed by atoms with Crippen LogP contribution < -0.4 is 5.32 Å². The second kappa shape index (κ2) is 5.62. The normalized spacial score (nSPS) is 10.9. The van der Waals surface area contributed by atoms with Crippen LogP contribution in [0.1, 0.15) is 40.5 Å². The predicted molar refractivity (Wildman–Crippen MR) is 53.8 cm³/mol. The van der Waals surface area contributed by atoms with E-state index in [9.17, 15) is 9.59 Å². The van der Waals surface area contributed by atoms with E-state index in [4.69, 9.17) is 4.74 Å². The van der Waals surface area contributed by atoms with Crippen LogP contribution in [-0.2, 0) is 14.3 Å². The number of nitrogens with one attached hydrogen (secondary N) is 1. The first-order chi connectivity index (χ1) is 6.31. The zero-order valence-corrected chi connectivity index (χ0v) is 9.35. The molecule has 1 N–H and O–H groups in total. The highest BCUT2D eigenvalue weighted by Gasteiger charge is 2.15. The smallest absolute Gasteiger partial charge is 0.306 e. The van der Waals surface area contributed by atoms with Gasteiger partial charge in [-0.15, -0.1) is 0 Å². The summed E-state index contributed by atoms with van der Waals surface area (Å²) in [4.78, 5) is 21.7. The molecule has 4 nitrogen and oxygen atoms in total. The molecule has 0 bridgehead atoms. The number of carbonyl (C=O) groups excluding carboxylic acids is 2. The van der Waals surface area contributed by atoms with Gasteiger partial charge in [0.25, 0.3) is 0 Å².